The first-order chi connectivity index (χ1) is 10.6. The van der Waals surface area contributed by atoms with E-state index < -0.39 is 37.1 Å². The number of aromatic amines is 1. The summed E-state index contributed by atoms with van der Waals surface area (Å²) in [7, 11) is 0. The smallest absolute Gasteiger partial charge is 0.147 e. The lowest BCUT2D eigenvalue weighted by atomic mass is 9.95. The summed E-state index contributed by atoms with van der Waals surface area (Å²) in [5, 5.41) is 48.8. The lowest BCUT2D eigenvalue weighted by Crippen LogP contribution is -2.58. The second kappa shape index (κ2) is 6.00. The maximum absolute atomic E-state index is 9.92. The van der Waals surface area contributed by atoms with Crippen molar-refractivity contribution in [2.24, 2.45) is 0 Å². The van der Waals surface area contributed by atoms with E-state index in [-0.39, 0.29) is 0 Å². The van der Waals surface area contributed by atoms with Gasteiger partial charge in [0.05, 0.1) is 12.2 Å². The highest BCUT2D eigenvalue weighted by atomic mass is 16.5. The Hall–Kier alpha value is -2.02. The molecule has 2 aromatic rings. The number of aliphatic hydroxyl groups is 4. The molecule has 3 rings (SSSR count). The van der Waals surface area contributed by atoms with Crippen molar-refractivity contribution in [3.8, 4) is 11.8 Å². The van der Waals surface area contributed by atoms with E-state index in [1.54, 1.807) is 18.2 Å². The summed E-state index contributed by atoms with van der Waals surface area (Å²) in [6.07, 6.45) is -6.19. The number of hydrogen-bond donors (Lipinski definition) is 5. The first-order valence-electron chi connectivity index (χ1n) is 6.73. The normalized spacial score (nSPS) is 31.7. The van der Waals surface area contributed by atoms with Gasteiger partial charge >= 0.3 is 0 Å². The molecule has 5 atom stereocenters. The number of nitrogens with one attached hydrogen (secondary N) is 1. The Morgan fingerprint density at radius 1 is 1.18 bits per heavy atom. The highest BCUT2D eigenvalue weighted by molar-refractivity contribution is 5.80. The van der Waals surface area contributed by atoms with Crippen molar-refractivity contribution in [2.45, 2.75) is 30.5 Å². The molecule has 0 spiro atoms. The number of fused-ring (bicyclic) bond motifs is 1. The minimum Gasteiger partial charge on any atom is -0.394 e. The van der Waals surface area contributed by atoms with Crippen LogP contribution in [0.5, 0.6) is 0 Å². The van der Waals surface area contributed by atoms with Gasteiger partial charge in [-0.3, -0.25) is 5.10 Å². The molecule has 1 saturated heterocycles. The quantitative estimate of drug-likeness (QED) is 0.391. The fraction of sp³-hybridized carbons (Fsp3) is 0.429. The van der Waals surface area contributed by atoms with E-state index >= 15 is 0 Å². The summed E-state index contributed by atoms with van der Waals surface area (Å²) in [5.41, 5.74) is 1.92. The monoisotopic (exact) mass is 305 g/mol. The zero-order valence-corrected chi connectivity index (χ0v) is 11.4. The molecule has 1 aliphatic heterocycles. The molecule has 0 bridgehead atoms. The Bertz CT molecular complexity index is 720. The molecule has 1 aromatic carbocycles. The summed E-state index contributed by atoms with van der Waals surface area (Å²) in [5.74, 6) is 5.54. The maximum Gasteiger partial charge on any atom is 0.147 e. The van der Waals surface area contributed by atoms with Crippen LogP contribution in [0.3, 0.4) is 0 Å². The molecule has 8 heteroatoms. The van der Waals surface area contributed by atoms with Crippen LogP contribution in [0.25, 0.3) is 11.0 Å². The topological polar surface area (TPSA) is 132 Å². The Kier molecular flexibility index (Phi) is 4.06. The van der Waals surface area contributed by atoms with E-state index in [4.69, 9.17) is 9.84 Å². The Labute approximate surface area is 125 Å². The first-order valence-corrected chi connectivity index (χ1v) is 6.73. The molecular weight excluding hydrogens is 290 g/mol. The van der Waals surface area contributed by atoms with Crippen molar-refractivity contribution in [3.63, 3.8) is 0 Å². The number of aromatic nitrogens is 3. The molecule has 0 amide bonds. The van der Waals surface area contributed by atoms with Gasteiger partial charge in [0.2, 0.25) is 0 Å². The summed E-state index contributed by atoms with van der Waals surface area (Å²) < 4.78 is 5.32. The van der Waals surface area contributed by atoms with Crippen molar-refractivity contribution in [1.82, 2.24) is 15.4 Å². The second-order valence-corrected chi connectivity index (χ2v) is 5.03. The minimum absolute atomic E-state index is 0.483. The van der Waals surface area contributed by atoms with E-state index in [9.17, 15) is 15.3 Å². The molecule has 0 unspecified atom stereocenters. The number of hydrogen-bond acceptors (Lipinski definition) is 7. The lowest BCUT2D eigenvalue weighted by Gasteiger charge is -2.37. The number of aliphatic hydroxyl groups excluding tert-OH is 4. The number of ether oxygens (including phenoxy) is 1. The zero-order valence-electron chi connectivity index (χ0n) is 11.4. The number of para-hydroxylation sites is 1. The van der Waals surface area contributed by atoms with Gasteiger partial charge in [-0.05, 0) is 12.1 Å². The number of rotatable bonds is 1. The zero-order chi connectivity index (χ0) is 15.7. The van der Waals surface area contributed by atoms with Gasteiger partial charge in [0.1, 0.15) is 41.6 Å². The van der Waals surface area contributed by atoms with Crippen LogP contribution in [0.2, 0.25) is 0 Å². The molecular formula is C14H15N3O5. The Morgan fingerprint density at radius 3 is 2.77 bits per heavy atom. The Balaban J connectivity index is 1.88. The van der Waals surface area contributed by atoms with E-state index in [1.165, 1.54) is 0 Å². The minimum atomic E-state index is -1.44. The summed E-state index contributed by atoms with van der Waals surface area (Å²) >= 11 is 0. The molecule has 1 aliphatic rings. The average Bonchev–Trinajstić information content (AvgIpc) is 3.01. The van der Waals surface area contributed by atoms with Crippen LogP contribution in [0.1, 0.15) is 5.56 Å². The molecule has 0 saturated carbocycles. The van der Waals surface area contributed by atoms with Crippen LogP contribution in [-0.2, 0) is 4.74 Å². The van der Waals surface area contributed by atoms with Crippen molar-refractivity contribution in [1.29, 1.82) is 0 Å². The highest BCUT2D eigenvalue weighted by Gasteiger charge is 2.42. The summed E-state index contributed by atoms with van der Waals surface area (Å²) in [4.78, 5) is 0. The summed E-state index contributed by atoms with van der Waals surface area (Å²) in [6, 6.07) is 5.29. The third kappa shape index (κ3) is 2.56. The molecule has 8 nitrogen and oxygen atoms in total. The summed E-state index contributed by atoms with van der Waals surface area (Å²) in [6.45, 7) is -0.483. The number of benzene rings is 1. The molecule has 1 fully saturated rings. The van der Waals surface area contributed by atoms with Gasteiger partial charge in [-0.2, -0.15) is 0 Å². The van der Waals surface area contributed by atoms with Gasteiger partial charge in [-0.25, -0.2) is 0 Å². The van der Waals surface area contributed by atoms with Crippen molar-refractivity contribution in [3.05, 3.63) is 23.8 Å². The second-order valence-electron chi connectivity index (χ2n) is 5.03. The van der Waals surface area contributed by atoms with Gasteiger partial charge in [0.15, 0.2) is 0 Å². The first kappa shape index (κ1) is 14.9. The maximum atomic E-state index is 9.92. The lowest BCUT2D eigenvalue weighted by molar-refractivity contribution is -0.214. The predicted octanol–water partition coefficient (Wildman–Crippen LogP) is -1.85. The van der Waals surface area contributed by atoms with Crippen molar-refractivity contribution in [2.75, 3.05) is 6.61 Å². The van der Waals surface area contributed by atoms with E-state index in [0.717, 1.165) is 0 Å². The van der Waals surface area contributed by atoms with Gasteiger partial charge in [0.25, 0.3) is 0 Å². The number of nitrogens with zero attached hydrogens (tertiary/aromatic N) is 2. The fourth-order valence-electron chi connectivity index (χ4n) is 2.34. The molecule has 5 N–H and O–H groups in total. The van der Waals surface area contributed by atoms with E-state index in [1.807, 2.05) is 0 Å². The highest BCUT2D eigenvalue weighted by Crippen LogP contribution is 2.21. The SMILES string of the molecule is OC[C@H]1O[C@H](C#Cc2cccc3nn[nH]c23)[C@@H](O)[C@@H](O)[C@@H]1O. The fourth-order valence-corrected chi connectivity index (χ4v) is 2.34. The van der Waals surface area contributed by atoms with Crippen LogP contribution in [0.15, 0.2) is 18.2 Å². The van der Waals surface area contributed by atoms with Gasteiger partial charge < -0.3 is 25.2 Å². The van der Waals surface area contributed by atoms with Crippen molar-refractivity contribution >= 4 is 11.0 Å². The van der Waals surface area contributed by atoms with Crippen LogP contribution in [-0.4, -0.2) is 73.0 Å². The third-order valence-corrected chi connectivity index (χ3v) is 3.60. The number of H-pyrrole nitrogens is 1. The van der Waals surface area contributed by atoms with Crippen LogP contribution >= 0.6 is 0 Å². The molecule has 1 aromatic heterocycles. The molecule has 22 heavy (non-hydrogen) atoms. The molecule has 0 radical (unpaired) electrons. The van der Waals surface area contributed by atoms with E-state index in [0.29, 0.717) is 16.6 Å². The molecule has 0 aliphatic carbocycles. The molecule has 2 heterocycles. The van der Waals surface area contributed by atoms with Gasteiger partial charge in [-0.1, -0.05) is 23.1 Å². The van der Waals surface area contributed by atoms with Gasteiger partial charge in [0, 0.05) is 0 Å². The van der Waals surface area contributed by atoms with Crippen LogP contribution in [0, 0.1) is 11.8 Å². The van der Waals surface area contributed by atoms with E-state index in [2.05, 4.69) is 27.3 Å². The largest absolute Gasteiger partial charge is 0.394 e. The average molecular weight is 305 g/mol. The predicted molar refractivity (Wildman–Crippen MR) is 74.5 cm³/mol. The molecule has 116 valence electrons. The Morgan fingerprint density at radius 2 is 2.00 bits per heavy atom. The van der Waals surface area contributed by atoms with Gasteiger partial charge in [-0.15, -0.1) is 5.10 Å². The third-order valence-electron chi connectivity index (χ3n) is 3.60. The van der Waals surface area contributed by atoms with Crippen LogP contribution < -0.4 is 0 Å². The van der Waals surface area contributed by atoms with Crippen molar-refractivity contribution < 1.29 is 25.2 Å². The van der Waals surface area contributed by atoms with Crippen LogP contribution in [0.4, 0.5) is 0 Å². The standard InChI is InChI=1S/C14H15N3O5/c18-6-10-13(20)14(21)12(19)9(22-10)5-4-7-2-1-3-8-11(7)16-17-15-8/h1-3,9-10,12-14,18-21H,6H2,(H,15,16,17)/t9-,10-,12-,13-,14-/m1/s1.